The van der Waals surface area contributed by atoms with Crippen LogP contribution in [0.1, 0.15) is 24.0 Å². The molecule has 0 radical (unpaired) electrons. The highest BCUT2D eigenvalue weighted by atomic mass is 32.2. The minimum Gasteiger partial charge on any atom is -0.243 e. The first-order chi connectivity index (χ1) is 10.9. The second-order valence-corrected chi connectivity index (χ2v) is 8.28. The van der Waals surface area contributed by atoms with Gasteiger partial charge in [0, 0.05) is 9.79 Å². The van der Waals surface area contributed by atoms with E-state index < -0.39 is 0 Å². The standard InChI is InChI=1S/C18H20N2S2/c1-3-7-15-13(5-1)9-11-17(21-15)19-20-18-12-10-14-6-2-4-8-16(14)22-18/h1-8,17-20H,9-12H2. The maximum Gasteiger partial charge on any atom is 0.0716 e. The molecule has 0 amide bonds. The van der Waals surface area contributed by atoms with Gasteiger partial charge in [0.1, 0.15) is 0 Å². The Morgan fingerprint density at radius 1 is 0.682 bits per heavy atom. The first kappa shape index (κ1) is 14.6. The summed E-state index contributed by atoms with van der Waals surface area (Å²) in [4.78, 5) is 2.85. The summed E-state index contributed by atoms with van der Waals surface area (Å²) in [5.41, 5.74) is 10.1. The molecule has 0 aliphatic carbocycles. The molecular formula is C18H20N2S2. The van der Waals surface area contributed by atoms with Crippen LogP contribution in [0.25, 0.3) is 0 Å². The van der Waals surface area contributed by atoms with Gasteiger partial charge in [-0.1, -0.05) is 36.4 Å². The van der Waals surface area contributed by atoms with Crippen molar-refractivity contribution in [2.75, 3.05) is 0 Å². The Kier molecular flexibility index (Phi) is 4.44. The second kappa shape index (κ2) is 6.67. The van der Waals surface area contributed by atoms with E-state index in [4.69, 9.17) is 0 Å². The van der Waals surface area contributed by atoms with Gasteiger partial charge in [-0.3, -0.25) is 0 Å². The lowest BCUT2D eigenvalue weighted by Gasteiger charge is -2.29. The Morgan fingerprint density at radius 3 is 1.64 bits per heavy atom. The van der Waals surface area contributed by atoms with Crippen LogP contribution in [-0.4, -0.2) is 10.7 Å². The van der Waals surface area contributed by atoms with Crippen molar-refractivity contribution < 1.29 is 0 Å². The summed E-state index contributed by atoms with van der Waals surface area (Å²) in [7, 11) is 0. The molecule has 2 N–H and O–H groups in total. The van der Waals surface area contributed by atoms with Gasteiger partial charge in [0.05, 0.1) is 10.7 Å². The maximum absolute atomic E-state index is 3.56. The summed E-state index contributed by atoms with van der Waals surface area (Å²) in [6.07, 6.45) is 4.71. The number of hydrazine groups is 1. The van der Waals surface area contributed by atoms with Crippen LogP contribution in [-0.2, 0) is 12.8 Å². The van der Waals surface area contributed by atoms with Gasteiger partial charge in [-0.25, -0.2) is 10.9 Å². The Labute approximate surface area is 140 Å². The van der Waals surface area contributed by atoms with E-state index in [9.17, 15) is 0 Å². The first-order valence-corrected chi connectivity index (χ1v) is 9.64. The smallest absolute Gasteiger partial charge is 0.0716 e. The van der Waals surface area contributed by atoms with Crippen molar-refractivity contribution in [1.82, 2.24) is 10.9 Å². The van der Waals surface area contributed by atoms with Crippen molar-refractivity contribution in [2.24, 2.45) is 0 Å². The van der Waals surface area contributed by atoms with Crippen molar-refractivity contribution >= 4 is 23.5 Å². The summed E-state index contributed by atoms with van der Waals surface area (Å²) >= 11 is 3.90. The fraction of sp³-hybridized carbons (Fsp3) is 0.333. The van der Waals surface area contributed by atoms with Gasteiger partial charge in [-0.15, -0.1) is 23.5 Å². The van der Waals surface area contributed by atoms with Crippen molar-refractivity contribution in [2.45, 2.75) is 46.2 Å². The average Bonchev–Trinajstić information content (AvgIpc) is 2.59. The SMILES string of the molecule is c1ccc2c(c1)CCC(NNC1CCc3ccccc3S1)S2. The molecule has 2 aromatic rings. The van der Waals surface area contributed by atoms with E-state index in [1.165, 1.54) is 46.6 Å². The number of aryl methyl sites for hydroxylation is 2. The van der Waals surface area contributed by atoms with Gasteiger partial charge in [0.2, 0.25) is 0 Å². The summed E-state index contributed by atoms with van der Waals surface area (Å²) in [6.45, 7) is 0. The van der Waals surface area contributed by atoms with Gasteiger partial charge in [-0.05, 0) is 48.9 Å². The lowest BCUT2D eigenvalue weighted by molar-refractivity contribution is 0.458. The molecule has 2 unspecified atom stereocenters. The van der Waals surface area contributed by atoms with Crippen LogP contribution in [0.2, 0.25) is 0 Å². The Bertz CT molecular complexity index is 602. The van der Waals surface area contributed by atoms with Gasteiger partial charge in [0.25, 0.3) is 0 Å². The molecule has 22 heavy (non-hydrogen) atoms. The minimum absolute atomic E-state index is 0.465. The van der Waals surface area contributed by atoms with E-state index in [2.05, 4.69) is 59.4 Å². The number of nitrogens with one attached hydrogen (secondary N) is 2. The van der Waals surface area contributed by atoms with Crippen LogP contribution < -0.4 is 10.9 Å². The molecule has 2 nitrogen and oxygen atoms in total. The number of fused-ring (bicyclic) bond motifs is 2. The zero-order valence-electron chi connectivity index (χ0n) is 12.4. The Morgan fingerprint density at radius 2 is 1.14 bits per heavy atom. The zero-order valence-corrected chi connectivity index (χ0v) is 14.1. The normalized spacial score (nSPS) is 23.6. The summed E-state index contributed by atoms with van der Waals surface area (Å²) in [6, 6.07) is 17.5. The lowest BCUT2D eigenvalue weighted by atomic mass is 10.1. The van der Waals surface area contributed by atoms with Crippen LogP contribution in [0.4, 0.5) is 0 Å². The second-order valence-electron chi connectivity index (χ2n) is 5.79. The number of benzene rings is 2. The van der Waals surface area contributed by atoms with Crippen molar-refractivity contribution in [3.05, 3.63) is 59.7 Å². The molecule has 2 heterocycles. The molecule has 2 aliphatic rings. The van der Waals surface area contributed by atoms with Crippen molar-refractivity contribution in [3.8, 4) is 0 Å². The summed E-state index contributed by atoms with van der Waals surface area (Å²) < 4.78 is 0. The Balaban J connectivity index is 1.33. The van der Waals surface area contributed by atoms with E-state index in [0.717, 1.165) is 0 Å². The molecule has 114 valence electrons. The molecule has 0 aromatic heterocycles. The molecule has 0 bridgehead atoms. The van der Waals surface area contributed by atoms with E-state index >= 15 is 0 Å². The van der Waals surface area contributed by atoms with E-state index in [0.29, 0.717) is 10.7 Å². The van der Waals surface area contributed by atoms with Gasteiger partial charge in [0.15, 0.2) is 0 Å². The topological polar surface area (TPSA) is 24.1 Å². The maximum atomic E-state index is 3.56. The molecule has 2 atom stereocenters. The van der Waals surface area contributed by atoms with Crippen molar-refractivity contribution in [3.63, 3.8) is 0 Å². The van der Waals surface area contributed by atoms with Gasteiger partial charge >= 0.3 is 0 Å². The molecule has 0 saturated carbocycles. The van der Waals surface area contributed by atoms with Crippen LogP contribution in [0, 0.1) is 0 Å². The third-order valence-electron chi connectivity index (χ3n) is 4.24. The molecule has 2 aliphatic heterocycles. The fourth-order valence-electron chi connectivity index (χ4n) is 3.04. The first-order valence-electron chi connectivity index (χ1n) is 7.89. The van der Waals surface area contributed by atoms with Crippen LogP contribution in [0.3, 0.4) is 0 Å². The molecule has 0 spiro atoms. The van der Waals surface area contributed by atoms with Crippen LogP contribution >= 0.6 is 23.5 Å². The molecule has 4 heteroatoms. The summed E-state index contributed by atoms with van der Waals surface area (Å²) in [5.74, 6) is 0. The minimum atomic E-state index is 0.465. The van der Waals surface area contributed by atoms with E-state index in [1.807, 2.05) is 23.5 Å². The average molecular weight is 329 g/mol. The number of hydrogen-bond acceptors (Lipinski definition) is 4. The van der Waals surface area contributed by atoms with Crippen LogP contribution in [0.15, 0.2) is 58.3 Å². The Hall–Kier alpha value is -0.940. The fourth-order valence-corrected chi connectivity index (χ4v) is 5.33. The van der Waals surface area contributed by atoms with Gasteiger partial charge < -0.3 is 0 Å². The highest BCUT2D eigenvalue weighted by Crippen LogP contribution is 2.35. The van der Waals surface area contributed by atoms with E-state index in [1.54, 1.807) is 0 Å². The quantitative estimate of drug-likeness (QED) is 0.824. The van der Waals surface area contributed by atoms with Crippen molar-refractivity contribution in [1.29, 1.82) is 0 Å². The van der Waals surface area contributed by atoms with E-state index in [-0.39, 0.29) is 0 Å². The predicted octanol–water partition coefficient (Wildman–Crippen LogP) is 4.21. The molecular weight excluding hydrogens is 308 g/mol. The zero-order chi connectivity index (χ0) is 14.8. The van der Waals surface area contributed by atoms with Gasteiger partial charge in [-0.2, -0.15) is 0 Å². The van der Waals surface area contributed by atoms with Crippen LogP contribution in [0.5, 0.6) is 0 Å². The predicted molar refractivity (Wildman–Crippen MR) is 95.1 cm³/mol. The highest BCUT2D eigenvalue weighted by molar-refractivity contribution is 8.00. The molecule has 0 fully saturated rings. The number of rotatable bonds is 3. The highest BCUT2D eigenvalue weighted by Gasteiger charge is 2.22. The molecule has 0 saturated heterocycles. The molecule has 4 rings (SSSR count). The third-order valence-corrected chi connectivity index (χ3v) is 6.82. The lowest BCUT2D eigenvalue weighted by Crippen LogP contribution is -2.45. The third kappa shape index (κ3) is 3.20. The number of hydrogen-bond donors (Lipinski definition) is 2. The molecule has 2 aromatic carbocycles. The summed E-state index contributed by atoms with van der Waals surface area (Å²) in [5, 5.41) is 0.931. The monoisotopic (exact) mass is 328 g/mol. The largest absolute Gasteiger partial charge is 0.243 e. The number of thioether (sulfide) groups is 2.